The number of para-hydroxylation sites is 1. The van der Waals surface area contributed by atoms with E-state index in [-0.39, 0.29) is 0 Å². The molecule has 0 saturated carbocycles. The first kappa shape index (κ1) is 30.6. The molecule has 0 amide bonds. The Morgan fingerprint density at radius 2 is 0.943 bits per heavy atom. The molecule has 0 bridgehead atoms. The molecule has 10 rings (SSSR count). The number of hydrogen-bond donors (Lipinski definition) is 0. The maximum absolute atomic E-state index is 6.29. The predicted octanol–water partition coefficient (Wildman–Crippen LogP) is 12.3. The fourth-order valence-electron chi connectivity index (χ4n) is 7.10. The largest absolute Gasteiger partial charge is 0.436 e. The first-order chi connectivity index (χ1) is 26.2. The molecule has 5 nitrogen and oxygen atoms in total. The molecule has 5 heteroatoms. The van der Waals surface area contributed by atoms with E-state index in [4.69, 9.17) is 24.4 Å². The molecule has 7 aromatic carbocycles. The van der Waals surface area contributed by atoms with Crippen LogP contribution in [0.5, 0.6) is 0 Å². The van der Waals surface area contributed by atoms with Crippen molar-refractivity contribution in [2.45, 2.75) is 0 Å². The number of pyridine rings is 1. The zero-order valence-electron chi connectivity index (χ0n) is 28.5. The standard InChI is InChI=1S/C48H30N4O/c1-4-13-32(14-5-1)41-30-42(51-47(50-41)34-15-6-2-7-16-34)33-25-23-31(24-26-33)36-19-12-20-37(29-36)45-39-27-28-43-46(44(39)38-21-10-11-22-40(38)49-45)52-48(53-43)35-17-8-3-9-18-35/h1-30H. The number of hydrogen-bond acceptors (Lipinski definition) is 5. The molecule has 53 heavy (non-hydrogen) atoms. The minimum Gasteiger partial charge on any atom is -0.436 e. The van der Waals surface area contributed by atoms with Gasteiger partial charge in [0, 0.05) is 44.0 Å². The molecule has 0 atom stereocenters. The molecule has 10 aromatic rings. The van der Waals surface area contributed by atoms with Crippen LogP contribution in [0, 0.1) is 0 Å². The minimum absolute atomic E-state index is 0.607. The number of oxazole rings is 1. The van der Waals surface area contributed by atoms with Crippen molar-refractivity contribution in [3.63, 3.8) is 0 Å². The average molecular weight is 679 g/mol. The number of benzene rings is 7. The van der Waals surface area contributed by atoms with Crippen LogP contribution in [0.1, 0.15) is 0 Å². The number of rotatable bonds is 6. The van der Waals surface area contributed by atoms with Crippen LogP contribution in [0.3, 0.4) is 0 Å². The highest BCUT2D eigenvalue weighted by atomic mass is 16.3. The maximum atomic E-state index is 6.29. The van der Waals surface area contributed by atoms with Crippen LogP contribution in [0.25, 0.3) is 101 Å². The molecule has 3 heterocycles. The summed E-state index contributed by atoms with van der Waals surface area (Å²) in [5.74, 6) is 1.31. The predicted molar refractivity (Wildman–Crippen MR) is 215 cm³/mol. The van der Waals surface area contributed by atoms with E-state index in [1.807, 2.05) is 91.0 Å². The molecule has 0 unspecified atom stereocenters. The highest BCUT2D eigenvalue weighted by molar-refractivity contribution is 6.20. The van der Waals surface area contributed by atoms with Gasteiger partial charge in [0.25, 0.3) is 0 Å². The lowest BCUT2D eigenvalue weighted by atomic mass is 9.96. The highest BCUT2D eigenvalue weighted by Crippen LogP contribution is 2.39. The third-order valence-electron chi connectivity index (χ3n) is 9.72. The van der Waals surface area contributed by atoms with Crippen LogP contribution >= 0.6 is 0 Å². The van der Waals surface area contributed by atoms with E-state index in [2.05, 4.69) is 91.0 Å². The number of nitrogens with zero attached hydrogens (tertiary/aromatic N) is 4. The summed E-state index contributed by atoms with van der Waals surface area (Å²) in [6.07, 6.45) is 0. The molecular formula is C48H30N4O. The Kier molecular flexibility index (Phi) is 7.40. The summed E-state index contributed by atoms with van der Waals surface area (Å²) in [6, 6.07) is 62.1. The maximum Gasteiger partial charge on any atom is 0.227 e. The third-order valence-corrected chi connectivity index (χ3v) is 9.72. The Balaban J connectivity index is 1.06. The van der Waals surface area contributed by atoms with E-state index in [1.54, 1.807) is 0 Å². The molecule has 3 aromatic heterocycles. The summed E-state index contributed by atoms with van der Waals surface area (Å²) in [5.41, 5.74) is 12.4. The van der Waals surface area contributed by atoms with Crippen LogP contribution in [-0.4, -0.2) is 19.9 Å². The van der Waals surface area contributed by atoms with Crippen molar-refractivity contribution in [3.05, 3.63) is 182 Å². The van der Waals surface area contributed by atoms with Crippen LogP contribution in [0.15, 0.2) is 186 Å². The number of aromatic nitrogens is 4. The Labute approximate surface area is 305 Å². The van der Waals surface area contributed by atoms with E-state index in [1.165, 1.54) is 0 Å². The van der Waals surface area contributed by atoms with Gasteiger partial charge in [-0.25, -0.2) is 19.9 Å². The van der Waals surface area contributed by atoms with Gasteiger partial charge in [0.2, 0.25) is 5.89 Å². The van der Waals surface area contributed by atoms with E-state index in [0.717, 1.165) is 88.8 Å². The Hall–Kier alpha value is -7.24. The van der Waals surface area contributed by atoms with Crippen LogP contribution in [-0.2, 0) is 0 Å². The van der Waals surface area contributed by atoms with Gasteiger partial charge in [-0.2, -0.15) is 0 Å². The first-order valence-corrected chi connectivity index (χ1v) is 17.6. The second-order valence-electron chi connectivity index (χ2n) is 13.0. The van der Waals surface area contributed by atoms with E-state index >= 15 is 0 Å². The van der Waals surface area contributed by atoms with Crippen LogP contribution < -0.4 is 0 Å². The molecule has 0 fully saturated rings. The smallest absolute Gasteiger partial charge is 0.227 e. The summed E-state index contributed by atoms with van der Waals surface area (Å²) in [5, 5.41) is 3.12. The lowest BCUT2D eigenvalue weighted by molar-refractivity contribution is 0.620. The second-order valence-corrected chi connectivity index (χ2v) is 13.0. The van der Waals surface area contributed by atoms with Crippen molar-refractivity contribution in [3.8, 4) is 67.7 Å². The van der Waals surface area contributed by atoms with Gasteiger partial charge in [0.15, 0.2) is 11.4 Å². The molecule has 0 spiro atoms. The second kappa shape index (κ2) is 12.8. The summed E-state index contributed by atoms with van der Waals surface area (Å²) in [7, 11) is 0. The Morgan fingerprint density at radius 1 is 0.358 bits per heavy atom. The molecule has 0 N–H and O–H groups in total. The van der Waals surface area contributed by atoms with Crippen molar-refractivity contribution in [1.82, 2.24) is 19.9 Å². The third kappa shape index (κ3) is 5.61. The lowest BCUT2D eigenvalue weighted by Gasteiger charge is -2.12. The quantitative estimate of drug-likeness (QED) is 0.164. The van der Waals surface area contributed by atoms with Gasteiger partial charge in [-0.1, -0.05) is 140 Å². The highest BCUT2D eigenvalue weighted by Gasteiger charge is 2.18. The molecule has 0 saturated heterocycles. The van der Waals surface area contributed by atoms with Crippen LogP contribution in [0.2, 0.25) is 0 Å². The minimum atomic E-state index is 0.607. The molecule has 0 aliphatic carbocycles. The monoisotopic (exact) mass is 678 g/mol. The first-order valence-electron chi connectivity index (χ1n) is 17.6. The Bertz CT molecular complexity index is 2860. The van der Waals surface area contributed by atoms with Gasteiger partial charge in [0.05, 0.1) is 22.6 Å². The molecule has 0 aliphatic rings. The Morgan fingerprint density at radius 3 is 1.68 bits per heavy atom. The van der Waals surface area contributed by atoms with Crippen molar-refractivity contribution < 1.29 is 4.42 Å². The van der Waals surface area contributed by atoms with Crippen LogP contribution in [0.4, 0.5) is 0 Å². The van der Waals surface area contributed by atoms with Crippen molar-refractivity contribution in [1.29, 1.82) is 0 Å². The fourth-order valence-corrected chi connectivity index (χ4v) is 7.10. The van der Waals surface area contributed by atoms with Gasteiger partial charge < -0.3 is 4.42 Å². The zero-order valence-corrected chi connectivity index (χ0v) is 28.5. The average Bonchev–Trinajstić information content (AvgIpc) is 3.69. The van der Waals surface area contributed by atoms with Crippen molar-refractivity contribution >= 4 is 32.8 Å². The molecule has 0 radical (unpaired) electrons. The molecule has 0 aliphatic heterocycles. The van der Waals surface area contributed by atoms with Gasteiger partial charge in [0.1, 0.15) is 5.52 Å². The van der Waals surface area contributed by atoms with Crippen molar-refractivity contribution in [2.24, 2.45) is 0 Å². The summed E-state index contributed by atoms with van der Waals surface area (Å²) >= 11 is 0. The topological polar surface area (TPSA) is 64.7 Å². The normalized spacial score (nSPS) is 11.4. The van der Waals surface area contributed by atoms with Gasteiger partial charge in [-0.15, -0.1) is 0 Å². The van der Waals surface area contributed by atoms with Gasteiger partial charge in [-0.05, 0) is 53.6 Å². The molecule has 248 valence electrons. The lowest BCUT2D eigenvalue weighted by Crippen LogP contribution is -1.95. The summed E-state index contributed by atoms with van der Waals surface area (Å²) < 4.78 is 6.29. The van der Waals surface area contributed by atoms with E-state index < -0.39 is 0 Å². The number of fused-ring (bicyclic) bond motifs is 5. The van der Waals surface area contributed by atoms with E-state index in [9.17, 15) is 0 Å². The molecular weight excluding hydrogens is 649 g/mol. The van der Waals surface area contributed by atoms with Gasteiger partial charge >= 0.3 is 0 Å². The zero-order chi connectivity index (χ0) is 35.1. The van der Waals surface area contributed by atoms with Crippen molar-refractivity contribution in [2.75, 3.05) is 0 Å². The summed E-state index contributed by atoms with van der Waals surface area (Å²) in [6.45, 7) is 0. The summed E-state index contributed by atoms with van der Waals surface area (Å²) in [4.78, 5) is 20.2. The van der Waals surface area contributed by atoms with Gasteiger partial charge in [-0.3, -0.25) is 0 Å². The SMILES string of the molecule is c1ccc(-c2cc(-c3ccc(-c4cccc(-c5nc6ccccc6c6c5ccc5oc(-c7ccccc7)nc56)c4)cc3)nc(-c3ccccc3)n2)cc1. The van der Waals surface area contributed by atoms with E-state index in [0.29, 0.717) is 11.7 Å². The fraction of sp³-hybridized carbons (Fsp3) is 0.